The van der Waals surface area contributed by atoms with Crippen molar-refractivity contribution in [2.45, 2.75) is 0 Å². The van der Waals surface area contributed by atoms with Crippen LogP contribution in [0.25, 0.3) is 11.0 Å². The molecule has 0 unspecified atom stereocenters. The summed E-state index contributed by atoms with van der Waals surface area (Å²) in [6.07, 6.45) is 1.81. The van der Waals surface area contributed by atoms with Crippen LogP contribution in [0, 0.1) is 0 Å². The first-order valence-electron chi connectivity index (χ1n) is 8.19. The van der Waals surface area contributed by atoms with E-state index < -0.39 is 0 Å². The number of rotatable bonds is 4. The predicted octanol–water partition coefficient (Wildman–Crippen LogP) is 1.95. The molecule has 0 saturated carbocycles. The number of anilines is 3. The van der Waals surface area contributed by atoms with Crippen LogP contribution in [0.15, 0.2) is 30.5 Å². The lowest BCUT2D eigenvalue weighted by Crippen LogP contribution is -2.37. The van der Waals surface area contributed by atoms with Crippen LogP contribution in [-0.4, -0.2) is 53.2 Å². The van der Waals surface area contributed by atoms with E-state index in [1.54, 1.807) is 11.8 Å². The first-order valence-corrected chi connectivity index (χ1v) is 8.19. The van der Waals surface area contributed by atoms with Crippen molar-refractivity contribution in [2.75, 3.05) is 43.6 Å². The standard InChI is InChI=1S/C17H20N6O2/c1-22-15-12(11-18-22)16(23-7-9-25-10-8-23)21-17(20-15)19-13-5-3-4-6-14(13)24-2/h3-6,11H,7-10H2,1-2H3,(H,19,20,21). The summed E-state index contributed by atoms with van der Waals surface area (Å²) in [4.78, 5) is 11.6. The van der Waals surface area contributed by atoms with Gasteiger partial charge >= 0.3 is 0 Å². The Labute approximate surface area is 145 Å². The van der Waals surface area contributed by atoms with Gasteiger partial charge in [-0.2, -0.15) is 15.1 Å². The molecule has 1 aromatic carbocycles. The van der Waals surface area contributed by atoms with Crippen LogP contribution in [0.5, 0.6) is 5.75 Å². The lowest BCUT2D eigenvalue weighted by atomic mass is 10.3. The maximum absolute atomic E-state index is 5.46. The summed E-state index contributed by atoms with van der Waals surface area (Å²) in [6.45, 7) is 2.99. The van der Waals surface area contributed by atoms with E-state index in [0.717, 1.165) is 41.4 Å². The Morgan fingerprint density at radius 1 is 1.16 bits per heavy atom. The number of ether oxygens (including phenoxy) is 2. The maximum atomic E-state index is 5.46. The van der Waals surface area contributed by atoms with Gasteiger partial charge in [-0.05, 0) is 12.1 Å². The zero-order valence-electron chi connectivity index (χ0n) is 14.3. The minimum Gasteiger partial charge on any atom is -0.495 e. The van der Waals surface area contributed by atoms with E-state index in [4.69, 9.17) is 14.5 Å². The zero-order chi connectivity index (χ0) is 17.2. The second kappa shape index (κ2) is 6.56. The molecule has 130 valence electrons. The fourth-order valence-electron chi connectivity index (χ4n) is 2.95. The van der Waals surface area contributed by atoms with Crippen LogP contribution in [0.2, 0.25) is 0 Å². The van der Waals surface area contributed by atoms with Crippen molar-refractivity contribution in [2.24, 2.45) is 7.05 Å². The molecule has 8 nitrogen and oxygen atoms in total. The second-order valence-corrected chi connectivity index (χ2v) is 5.80. The van der Waals surface area contributed by atoms with Gasteiger partial charge in [0.1, 0.15) is 11.6 Å². The highest BCUT2D eigenvalue weighted by Gasteiger charge is 2.19. The molecule has 1 saturated heterocycles. The van der Waals surface area contributed by atoms with Gasteiger partial charge in [0, 0.05) is 20.1 Å². The van der Waals surface area contributed by atoms with Gasteiger partial charge in [-0.25, -0.2) is 0 Å². The van der Waals surface area contributed by atoms with Crippen LogP contribution in [0.4, 0.5) is 17.5 Å². The average Bonchev–Trinajstić information content (AvgIpc) is 3.03. The molecule has 4 rings (SSSR count). The van der Waals surface area contributed by atoms with Crippen molar-refractivity contribution in [3.8, 4) is 5.75 Å². The molecular formula is C17H20N6O2. The van der Waals surface area contributed by atoms with Crippen molar-refractivity contribution in [1.29, 1.82) is 0 Å². The molecule has 2 aromatic heterocycles. The Hall–Kier alpha value is -2.87. The largest absolute Gasteiger partial charge is 0.495 e. The Bertz CT molecular complexity index is 888. The third-order valence-electron chi connectivity index (χ3n) is 4.24. The zero-order valence-corrected chi connectivity index (χ0v) is 14.3. The molecule has 1 aliphatic heterocycles. The van der Waals surface area contributed by atoms with Crippen molar-refractivity contribution in [3.63, 3.8) is 0 Å². The highest BCUT2D eigenvalue weighted by atomic mass is 16.5. The molecule has 0 bridgehead atoms. The first-order chi connectivity index (χ1) is 12.3. The van der Waals surface area contributed by atoms with Crippen LogP contribution in [0.3, 0.4) is 0 Å². The monoisotopic (exact) mass is 340 g/mol. The number of hydrogen-bond donors (Lipinski definition) is 1. The maximum Gasteiger partial charge on any atom is 0.231 e. The summed E-state index contributed by atoms with van der Waals surface area (Å²) in [6, 6.07) is 7.70. The number of methoxy groups -OCH3 is 1. The van der Waals surface area contributed by atoms with E-state index in [0.29, 0.717) is 19.2 Å². The molecule has 1 fully saturated rings. The van der Waals surface area contributed by atoms with E-state index >= 15 is 0 Å². The molecule has 0 radical (unpaired) electrons. The summed E-state index contributed by atoms with van der Waals surface area (Å²) < 4.78 is 12.6. The van der Waals surface area contributed by atoms with Crippen LogP contribution >= 0.6 is 0 Å². The predicted molar refractivity (Wildman–Crippen MR) is 95.6 cm³/mol. The summed E-state index contributed by atoms with van der Waals surface area (Å²) in [5, 5.41) is 8.54. The number of para-hydroxylation sites is 2. The Kier molecular flexibility index (Phi) is 4.10. The molecule has 0 atom stereocenters. The third-order valence-corrected chi connectivity index (χ3v) is 4.24. The number of benzene rings is 1. The Balaban J connectivity index is 1.77. The van der Waals surface area contributed by atoms with E-state index in [1.807, 2.05) is 37.5 Å². The smallest absolute Gasteiger partial charge is 0.231 e. The van der Waals surface area contributed by atoms with Gasteiger partial charge in [0.05, 0.1) is 37.6 Å². The SMILES string of the molecule is COc1ccccc1Nc1nc(N2CCOCC2)c2cnn(C)c2n1. The molecule has 3 heterocycles. The van der Waals surface area contributed by atoms with Gasteiger partial charge in [0.2, 0.25) is 5.95 Å². The normalized spacial score (nSPS) is 14.7. The van der Waals surface area contributed by atoms with Gasteiger partial charge in [-0.3, -0.25) is 4.68 Å². The van der Waals surface area contributed by atoms with E-state index in [2.05, 4.69) is 20.3 Å². The van der Waals surface area contributed by atoms with Crippen molar-refractivity contribution >= 4 is 28.5 Å². The molecule has 1 N–H and O–H groups in total. The van der Waals surface area contributed by atoms with E-state index in [-0.39, 0.29) is 0 Å². The highest BCUT2D eigenvalue weighted by molar-refractivity contribution is 5.88. The third kappa shape index (κ3) is 2.96. The summed E-state index contributed by atoms with van der Waals surface area (Å²) >= 11 is 0. The van der Waals surface area contributed by atoms with Gasteiger partial charge in [0.25, 0.3) is 0 Å². The lowest BCUT2D eigenvalue weighted by molar-refractivity contribution is 0.122. The van der Waals surface area contributed by atoms with E-state index in [1.165, 1.54) is 0 Å². The topological polar surface area (TPSA) is 77.3 Å². The van der Waals surface area contributed by atoms with Gasteiger partial charge in [0.15, 0.2) is 5.65 Å². The average molecular weight is 340 g/mol. The number of fused-ring (bicyclic) bond motifs is 1. The minimum atomic E-state index is 0.516. The summed E-state index contributed by atoms with van der Waals surface area (Å²) in [7, 11) is 3.52. The second-order valence-electron chi connectivity index (χ2n) is 5.80. The minimum absolute atomic E-state index is 0.516. The number of nitrogens with zero attached hydrogens (tertiary/aromatic N) is 5. The van der Waals surface area contributed by atoms with Crippen molar-refractivity contribution in [1.82, 2.24) is 19.7 Å². The number of hydrogen-bond acceptors (Lipinski definition) is 7. The van der Waals surface area contributed by atoms with Crippen molar-refractivity contribution < 1.29 is 9.47 Å². The fraction of sp³-hybridized carbons (Fsp3) is 0.353. The summed E-state index contributed by atoms with van der Waals surface area (Å²) in [5.74, 6) is 2.13. The molecule has 0 amide bonds. The number of morpholine rings is 1. The van der Waals surface area contributed by atoms with Crippen LogP contribution < -0.4 is 15.0 Å². The number of aromatic nitrogens is 4. The first kappa shape index (κ1) is 15.6. The van der Waals surface area contributed by atoms with Crippen molar-refractivity contribution in [3.05, 3.63) is 30.5 Å². The Morgan fingerprint density at radius 3 is 2.76 bits per heavy atom. The van der Waals surface area contributed by atoms with Crippen LogP contribution in [-0.2, 0) is 11.8 Å². The molecule has 0 aliphatic carbocycles. The van der Waals surface area contributed by atoms with Gasteiger partial charge in [-0.15, -0.1) is 0 Å². The highest BCUT2D eigenvalue weighted by Crippen LogP contribution is 2.29. The lowest BCUT2D eigenvalue weighted by Gasteiger charge is -2.28. The van der Waals surface area contributed by atoms with Gasteiger partial charge < -0.3 is 19.7 Å². The van der Waals surface area contributed by atoms with E-state index in [9.17, 15) is 0 Å². The summed E-state index contributed by atoms with van der Waals surface area (Å²) in [5.41, 5.74) is 1.60. The van der Waals surface area contributed by atoms with Crippen LogP contribution in [0.1, 0.15) is 0 Å². The molecule has 3 aromatic rings. The molecule has 0 spiro atoms. The number of nitrogens with one attached hydrogen (secondary N) is 1. The fourth-order valence-corrected chi connectivity index (χ4v) is 2.95. The number of aryl methyl sites for hydroxylation is 1. The molecular weight excluding hydrogens is 320 g/mol. The van der Waals surface area contributed by atoms with Gasteiger partial charge in [-0.1, -0.05) is 12.1 Å². The molecule has 1 aliphatic rings. The Morgan fingerprint density at radius 2 is 1.96 bits per heavy atom. The molecule has 8 heteroatoms. The molecule has 25 heavy (non-hydrogen) atoms. The quantitative estimate of drug-likeness (QED) is 0.778.